The molecule has 4 heteroatoms. The van der Waals surface area contributed by atoms with Crippen LogP contribution in [0.2, 0.25) is 5.15 Å². The highest BCUT2D eigenvalue weighted by Crippen LogP contribution is 2.10. The molecule has 0 saturated heterocycles. The Morgan fingerprint density at radius 3 is 2.75 bits per heavy atom. The van der Waals surface area contributed by atoms with Gasteiger partial charge in [0.05, 0.1) is 6.42 Å². The lowest BCUT2D eigenvalue weighted by atomic mass is 10.2. The van der Waals surface area contributed by atoms with Crippen LogP contribution in [0.5, 0.6) is 0 Å². The van der Waals surface area contributed by atoms with Crippen molar-refractivity contribution >= 4 is 11.6 Å². The van der Waals surface area contributed by atoms with E-state index in [2.05, 4.69) is 15.0 Å². The summed E-state index contributed by atoms with van der Waals surface area (Å²) < 4.78 is 0. The number of hydrogen-bond donors (Lipinski definition) is 0. The molecule has 0 aliphatic rings. The number of aryl methyl sites for hydroxylation is 1. The molecule has 0 unspecified atom stereocenters. The van der Waals surface area contributed by atoms with Gasteiger partial charge in [0.2, 0.25) is 0 Å². The summed E-state index contributed by atoms with van der Waals surface area (Å²) in [7, 11) is 0. The van der Waals surface area contributed by atoms with E-state index in [0.29, 0.717) is 11.6 Å². The molecule has 0 radical (unpaired) electrons. The number of aromatic nitrogens is 3. The minimum Gasteiger partial charge on any atom is -0.261 e. The van der Waals surface area contributed by atoms with Crippen LogP contribution in [0, 0.1) is 0 Å². The third kappa shape index (κ3) is 2.76. The van der Waals surface area contributed by atoms with Gasteiger partial charge < -0.3 is 0 Å². The lowest BCUT2D eigenvalue weighted by Gasteiger charge is -2.03. The molecule has 0 fully saturated rings. The standard InChI is InChI=1S/C12H12ClN3/c1-2-9-7-11(13)16-12(15-9)8-10-5-3-4-6-14-10/h3-7H,2,8H2,1H3. The van der Waals surface area contributed by atoms with Gasteiger partial charge in [-0.1, -0.05) is 24.6 Å². The van der Waals surface area contributed by atoms with Crippen LogP contribution in [0.3, 0.4) is 0 Å². The first kappa shape index (κ1) is 11.0. The Kier molecular flexibility index (Phi) is 3.47. The first-order chi connectivity index (χ1) is 7.78. The molecule has 0 bridgehead atoms. The summed E-state index contributed by atoms with van der Waals surface area (Å²) in [6, 6.07) is 7.59. The Labute approximate surface area is 99.5 Å². The normalized spacial score (nSPS) is 10.4. The van der Waals surface area contributed by atoms with Crippen molar-refractivity contribution < 1.29 is 0 Å². The van der Waals surface area contributed by atoms with Gasteiger partial charge in [0.15, 0.2) is 0 Å². The zero-order chi connectivity index (χ0) is 11.4. The maximum Gasteiger partial charge on any atom is 0.136 e. The molecule has 16 heavy (non-hydrogen) atoms. The molecule has 0 aliphatic carbocycles. The number of halogens is 1. The molecular formula is C12H12ClN3. The maximum atomic E-state index is 5.92. The van der Waals surface area contributed by atoms with E-state index in [9.17, 15) is 0 Å². The zero-order valence-corrected chi connectivity index (χ0v) is 9.78. The van der Waals surface area contributed by atoms with E-state index >= 15 is 0 Å². The summed E-state index contributed by atoms with van der Waals surface area (Å²) in [5.74, 6) is 0.725. The van der Waals surface area contributed by atoms with Gasteiger partial charge in [-0.2, -0.15) is 0 Å². The molecule has 0 amide bonds. The van der Waals surface area contributed by atoms with Crippen molar-refractivity contribution in [3.05, 3.63) is 52.8 Å². The Hall–Kier alpha value is -1.48. The van der Waals surface area contributed by atoms with Crippen molar-refractivity contribution in [1.82, 2.24) is 15.0 Å². The van der Waals surface area contributed by atoms with Crippen LogP contribution < -0.4 is 0 Å². The second-order valence-electron chi connectivity index (χ2n) is 3.45. The largest absolute Gasteiger partial charge is 0.261 e. The van der Waals surface area contributed by atoms with Crippen LogP contribution in [0.25, 0.3) is 0 Å². The zero-order valence-electron chi connectivity index (χ0n) is 9.02. The van der Waals surface area contributed by atoms with E-state index in [-0.39, 0.29) is 0 Å². The van der Waals surface area contributed by atoms with Crippen LogP contribution >= 0.6 is 11.6 Å². The second-order valence-corrected chi connectivity index (χ2v) is 3.84. The van der Waals surface area contributed by atoms with Crippen LogP contribution in [-0.2, 0) is 12.8 Å². The molecule has 0 saturated carbocycles. The highest BCUT2D eigenvalue weighted by molar-refractivity contribution is 6.29. The number of nitrogens with zero attached hydrogens (tertiary/aromatic N) is 3. The van der Waals surface area contributed by atoms with Gasteiger partial charge in [-0.15, -0.1) is 0 Å². The van der Waals surface area contributed by atoms with Crippen LogP contribution in [0.1, 0.15) is 24.1 Å². The average molecular weight is 234 g/mol. The highest BCUT2D eigenvalue weighted by atomic mass is 35.5. The highest BCUT2D eigenvalue weighted by Gasteiger charge is 2.03. The predicted octanol–water partition coefficient (Wildman–Crippen LogP) is 2.68. The molecule has 82 valence electrons. The molecule has 2 aromatic heterocycles. The van der Waals surface area contributed by atoms with Crippen molar-refractivity contribution in [2.24, 2.45) is 0 Å². The molecule has 0 atom stereocenters. The summed E-state index contributed by atoms with van der Waals surface area (Å²) in [6.45, 7) is 2.04. The van der Waals surface area contributed by atoms with E-state index in [1.807, 2.05) is 25.1 Å². The Morgan fingerprint density at radius 1 is 1.19 bits per heavy atom. The first-order valence-corrected chi connectivity index (χ1v) is 5.58. The Morgan fingerprint density at radius 2 is 2.06 bits per heavy atom. The van der Waals surface area contributed by atoms with E-state index in [1.165, 1.54) is 0 Å². The summed E-state index contributed by atoms with van der Waals surface area (Å²) in [5, 5.41) is 0.498. The van der Waals surface area contributed by atoms with Gasteiger partial charge >= 0.3 is 0 Å². The number of rotatable bonds is 3. The Balaban J connectivity index is 2.24. The van der Waals surface area contributed by atoms with Crippen LogP contribution in [-0.4, -0.2) is 15.0 Å². The fraction of sp³-hybridized carbons (Fsp3) is 0.250. The smallest absolute Gasteiger partial charge is 0.136 e. The summed E-state index contributed by atoms with van der Waals surface area (Å²) >= 11 is 5.92. The molecule has 0 N–H and O–H groups in total. The topological polar surface area (TPSA) is 38.7 Å². The van der Waals surface area contributed by atoms with E-state index in [0.717, 1.165) is 23.6 Å². The van der Waals surface area contributed by atoms with Gasteiger partial charge in [-0.25, -0.2) is 9.97 Å². The average Bonchev–Trinajstić information content (AvgIpc) is 2.29. The third-order valence-electron chi connectivity index (χ3n) is 2.22. The minimum absolute atomic E-state index is 0.498. The number of pyridine rings is 1. The summed E-state index contributed by atoms with van der Waals surface area (Å²) in [5.41, 5.74) is 1.91. The molecule has 0 spiro atoms. The van der Waals surface area contributed by atoms with Crippen molar-refractivity contribution in [2.75, 3.05) is 0 Å². The summed E-state index contributed by atoms with van der Waals surface area (Å²) in [4.78, 5) is 12.8. The lowest BCUT2D eigenvalue weighted by molar-refractivity contribution is 0.889. The first-order valence-electron chi connectivity index (χ1n) is 5.20. The second kappa shape index (κ2) is 5.03. The fourth-order valence-electron chi connectivity index (χ4n) is 1.44. The van der Waals surface area contributed by atoms with Crippen molar-refractivity contribution in [3.63, 3.8) is 0 Å². The third-order valence-corrected chi connectivity index (χ3v) is 2.42. The van der Waals surface area contributed by atoms with Gasteiger partial charge in [0.1, 0.15) is 11.0 Å². The minimum atomic E-state index is 0.498. The molecule has 0 aliphatic heterocycles. The van der Waals surface area contributed by atoms with E-state index < -0.39 is 0 Å². The van der Waals surface area contributed by atoms with Gasteiger partial charge in [-0.05, 0) is 24.6 Å². The molecule has 0 aromatic carbocycles. The van der Waals surface area contributed by atoms with Crippen molar-refractivity contribution in [3.8, 4) is 0 Å². The molecular weight excluding hydrogens is 222 g/mol. The molecule has 2 rings (SSSR count). The predicted molar refractivity (Wildman–Crippen MR) is 63.5 cm³/mol. The summed E-state index contributed by atoms with van der Waals surface area (Å²) in [6.07, 6.45) is 3.24. The van der Waals surface area contributed by atoms with Crippen molar-refractivity contribution in [1.29, 1.82) is 0 Å². The number of hydrogen-bond acceptors (Lipinski definition) is 3. The maximum absolute atomic E-state index is 5.92. The monoisotopic (exact) mass is 233 g/mol. The van der Waals surface area contributed by atoms with Crippen LogP contribution in [0.4, 0.5) is 0 Å². The van der Waals surface area contributed by atoms with Crippen molar-refractivity contribution in [2.45, 2.75) is 19.8 Å². The molecule has 3 nitrogen and oxygen atoms in total. The quantitative estimate of drug-likeness (QED) is 0.766. The molecule has 2 heterocycles. The SMILES string of the molecule is CCc1cc(Cl)nc(Cc2ccccn2)n1. The lowest BCUT2D eigenvalue weighted by Crippen LogP contribution is -2.01. The van der Waals surface area contributed by atoms with E-state index in [1.54, 1.807) is 12.3 Å². The van der Waals surface area contributed by atoms with E-state index in [4.69, 9.17) is 11.6 Å². The fourth-order valence-corrected chi connectivity index (χ4v) is 1.66. The Bertz CT molecular complexity index is 471. The molecule has 2 aromatic rings. The van der Waals surface area contributed by atoms with Crippen LogP contribution in [0.15, 0.2) is 30.5 Å². The van der Waals surface area contributed by atoms with Gasteiger partial charge in [0, 0.05) is 17.6 Å². The van der Waals surface area contributed by atoms with Gasteiger partial charge in [-0.3, -0.25) is 4.98 Å². The van der Waals surface area contributed by atoms with Gasteiger partial charge in [0.25, 0.3) is 0 Å².